The second-order valence-corrected chi connectivity index (χ2v) is 1.80. The average Bonchev–Trinajstić information content (AvgIpc) is 0.722. The summed E-state index contributed by atoms with van der Waals surface area (Å²) in [4.78, 5) is 29.3. The maximum absolute atomic E-state index is 7.33. The summed E-state index contributed by atoms with van der Waals surface area (Å²) in [6.07, 6.45) is 0. The van der Waals surface area contributed by atoms with Gasteiger partial charge in [0.25, 0.3) is 0 Å². The predicted molar refractivity (Wildman–Crippen MR) is 14.6 cm³/mol. The van der Waals surface area contributed by atoms with E-state index in [2.05, 4.69) is 0 Å². The zero-order valence-corrected chi connectivity index (χ0v) is 7.49. The molecule has 0 atom stereocenters. The SMILES string of the molecule is O[Si](O)(O)O.[Cu].[Zr]. The van der Waals surface area contributed by atoms with Crippen LogP contribution in [0, 0.1) is 0 Å². The average molecular weight is 251 g/mol. The quantitative estimate of drug-likeness (QED) is 0.355. The molecular weight excluding hydrogens is 247 g/mol. The van der Waals surface area contributed by atoms with Gasteiger partial charge in [-0.15, -0.1) is 0 Å². The molecule has 0 spiro atoms. The molecule has 7 heteroatoms. The predicted octanol–water partition coefficient (Wildman–Crippen LogP) is -2.61. The van der Waals surface area contributed by atoms with Crippen LogP contribution in [0.3, 0.4) is 0 Å². The molecule has 0 amide bonds. The van der Waals surface area contributed by atoms with E-state index >= 15 is 0 Å². The summed E-state index contributed by atoms with van der Waals surface area (Å²) < 4.78 is 0. The van der Waals surface area contributed by atoms with Gasteiger partial charge < -0.3 is 19.2 Å². The first-order valence-corrected chi connectivity index (χ1v) is 2.68. The summed E-state index contributed by atoms with van der Waals surface area (Å²) in [6, 6.07) is 0. The molecule has 47 valence electrons. The van der Waals surface area contributed by atoms with E-state index in [0.717, 1.165) is 0 Å². The molecule has 0 unspecified atom stereocenters. The fourth-order valence-electron chi connectivity index (χ4n) is 0. The Morgan fingerprint density at radius 1 is 0.857 bits per heavy atom. The number of hydrogen-bond donors (Lipinski definition) is 4. The molecule has 7 heavy (non-hydrogen) atoms. The van der Waals surface area contributed by atoms with Crippen LogP contribution < -0.4 is 0 Å². The summed E-state index contributed by atoms with van der Waals surface area (Å²) in [6.45, 7) is 0. The summed E-state index contributed by atoms with van der Waals surface area (Å²) in [5.41, 5.74) is 0. The molecule has 0 fully saturated rings. The van der Waals surface area contributed by atoms with Gasteiger partial charge in [-0.05, 0) is 0 Å². The van der Waals surface area contributed by atoms with Crippen molar-refractivity contribution < 1.29 is 62.5 Å². The van der Waals surface area contributed by atoms with E-state index in [1.165, 1.54) is 0 Å². The molecule has 0 aliphatic carbocycles. The van der Waals surface area contributed by atoms with Gasteiger partial charge in [0.15, 0.2) is 0 Å². The van der Waals surface area contributed by atoms with Gasteiger partial charge in [-0.25, -0.2) is 0 Å². The Kier molecular flexibility index (Phi) is 12.6. The topological polar surface area (TPSA) is 80.9 Å². The Labute approximate surface area is 71.3 Å². The minimum Gasteiger partial charge on any atom is -0.368 e. The van der Waals surface area contributed by atoms with E-state index in [1.807, 2.05) is 0 Å². The number of hydrogen-bond acceptors (Lipinski definition) is 4. The minimum absolute atomic E-state index is 0. The van der Waals surface area contributed by atoms with E-state index < -0.39 is 9.05 Å². The second kappa shape index (κ2) is 5.59. The minimum atomic E-state index is -4.61. The van der Waals surface area contributed by atoms with Crippen molar-refractivity contribution in [2.45, 2.75) is 0 Å². The van der Waals surface area contributed by atoms with Crippen LogP contribution in [0.1, 0.15) is 0 Å². The van der Waals surface area contributed by atoms with Crippen LogP contribution in [0.5, 0.6) is 0 Å². The molecule has 0 aliphatic heterocycles. The molecule has 0 aromatic heterocycles. The van der Waals surface area contributed by atoms with Gasteiger partial charge in [0, 0.05) is 43.3 Å². The Bertz CT molecular complexity index is 27.2. The molecule has 4 N–H and O–H groups in total. The number of rotatable bonds is 0. The molecular formula is H4CuO4SiZr. The molecule has 0 aromatic rings. The van der Waals surface area contributed by atoms with Gasteiger partial charge >= 0.3 is 9.05 Å². The van der Waals surface area contributed by atoms with Crippen molar-refractivity contribution in [3.8, 4) is 0 Å². The Balaban J connectivity index is -0.0000000800. The standard InChI is InChI=1S/Cu.H4O4Si.Zr/c;1-5(2,3)4;/h;1-4H;. The summed E-state index contributed by atoms with van der Waals surface area (Å²) in [7, 11) is -4.61. The van der Waals surface area contributed by atoms with Crippen molar-refractivity contribution in [3.05, 3.63) is 0 Å². The normalized spacial score (nSPS) is 8.57. The largest absolute Gasteiger partial charge is 0.668 e. The van der Waals surface area contributed by atoms with Crippen molar-refractivity contribution >= 4 is 9.05 Å². The first kappa shape index (κ1) is 15.8. The Morgan fingerprint density at radius 2 is 0.857 bits per heavy atom. The van der Waals surface area contributed by atoms with E-state index in [1.54, 1.807) is 0 Å². The van der Waals surface area contributed by atoms with Crippen LogP contribution in [0.4, 0.5) is 0 Å². The molecule has 0 bridgehead atoms. The van der Waals surface area contributed by atoms with E-state index in [-0.39, 0.29) is 43.3 Å². The molecule has 4 nitrogen and oxygen atoms in total. The third kappa shape index (κ3) is 104. The third-order valence-corrected chi connectivity index (χ3v) is 0. The fourth-order valence-corrected chi connectivity index (χ4v) is 0. The molecule has 0 aromatic carbocycles. The third-order valence-electron chi connectivity index (χ3n) is 0. The van der Waals surface area contributed by atoms with E-state index in [0.29, 0.717) is 0 Å². The van der Waals surface area contributed by atoms with Crippen LogP contribution in [0.25, 0.3) is 0 Å². The summed E-state index contributed by atoms with van der Waals surface area (Å²) in [5.74, 6) is 0. The van der Waals surface area contributed by atoms with Gasteiger partial charge in [-0.3, -0.25) is 0 Å². The van der Waals surface area contributed by atoms with Gasteiger partial charge in [-0.2, -0.15) is 0 Å². The van der Waals surface area contributed by atoms with Crippen LogP contribution in [0.2, 0.25) is 0 Å². The Morgan fingerprint density at radius 3 is 0.857 bits per heavy atom. The van der Waals surface area contributed by atoms with Crippen LogP contribution >= 0.6 is 0 Å². The molecule has 0 saturated heterocycles. The van der Waals surface area contributed by atoms with Crippen LogP contribution in [-0.4, -0.2) is 28.2 Å². The van der Waals surface area contributed by atoms with Crippen molar-refractivity contribution in [1.82, 2.24) is 0 Å². The zero-order chi connectivity index (χ0) is 4.50. The van der Waals surface area contributed by atoms with Gasteiger partial charge in [-0.1, -0.05) is 0 Å². The van der Waals surface area contributed by atoms with Crippen molar-refractivity contribution in [3.63, 3.8) is 0 Å². The van der Waals surface area contributed by atoms with Gasteiger partial charge in [0.2, 0.25) is 0 Å². The van der Waals surface area contributed by atoms with E-state index in [9.17, 15) is 0 Å². The molecule has 0 rings (SSSR count). The maximum Gasteiger partial charge on any atom is 0.668 e. The van der Waals surface area contributed by atoms with Crippen molar-refractivity contribution in [1.29, 1.82) is 0 Å². The van der Waals surface area contributed by atoms with Gasteiger partial charge in [0.1, 0.15) is 0 Å². The van der Waals surface area contributed by atoms with Crippen LogP contribution in [-0.2, 0) is 43.3 Å². The van der Waals surface area contributed by atoms with Crippen LogP contribution in [0.15, 0.2) is 0 Å². The Hall–Kier alpha value is 1.46. The summed E-state index contributed by atoms with van der Waals surface area (Å²) in [5, 5.41) is 0. The molecule has 0 heterocycles. The van der Waals surface area contributed by atoms with Crippen molar-refractivity contribution in [2.75, 3.05) is 0 Å². The molecule has 1 radical (unpaired) electrons. The second-order valence-electron chi connectivity index (χ2n) is 0.600. The van der Waals surface area contributed by atoms with E-state index in [4.69, 9.17) is 19.2 Å². The first-order chi connectivity index (χ1) is 2.00. The van der Waals surface area contributed by atoms with Crippen molar-refractivity contribution in [2.24, 2.45) is 0 Å². The van der Waals surface area contributed by atoms with Gasteiger partial charge in [0.05, 0.1) is 0 Å². The fraction of sp³-hybridized carbons (Fsp3) is 0. The smallest absolute Gasteiger partial charge is 0.368 e. The monoisotopic (exact) mass is 249 g/mol. The molecule has 0 saturated carbocycles. The summed E-state index contributed by atoms with van der Waals surface area (Å²) >= 11 is 0. The first-order valence-electron chi connectivity index (χ1n) is 0.894. The zero-order valence-electron chi connectivity index (χ0n) is 3.09. The maximum atomic E-state index is 7.33. The molecule has 0 aliphatic rings.